The number of halogens is 2. The highest BCUT2D eigenvalue weighted by Gasteiger charge is 2.18. The van der Waals surface area contributed by atoms with Crippen molar-refractivity contribution in [1.82, 2.24) is 25.0 Å². The Labute approximate surface area is 246 Å². The van der Waals surface area contributed by atoms with E-state index in [1.807, 2.05) is 6.07 Å². The van der Waals surface area contributed by atoms with Crippen molar-refractivity contribution < 1.29 is 9.18 Å². The standard InChI is InChI=1S/C28H37ClFN7OSSi/c1-36-11-13-37(14-12-36)10-8-27(38)33-26-18-21(7-9-31-26)32-25-19-24(22-17-20(29)5-6-23(22)30)34-35-28(25)39-15-16-40(2,3)4/h5-7,9,17-19H,8,10-16H2,1-4H3,(H2,31,32,33,34,38). The van der Waals surface area contributed by atoms with Crippen LogP contribution in [0.25, 0.3) is 11.3 Å². The molecule has 0 radical (unpaired) electrons. The Bertz CT molecular complexity index is 1320. The van der Waals surface area contributed by atoms with E-state index in [0.29, 0.717) is 28.6 Å². The van der Waals surface area contributed by atoms with Crippen LogP contribution in [-0.2, 0) is 4.79 Å². The smallest absolute Gasteiger partial charge is 0.226 e. The van der Waals surface area contributed by atoms with Gasteiger partial charge in [-0.2, -0.15) is 0 Å². The predicted octanol–water partition coefficient (Wildman–Crippen LogP) is 6.08. The van der Waals surface area contributed by atoms with E-state index in [2.05, 4.69) is 62.3 Å². The van der Waals surface area contributed by atoms with Crippen molar-refractivity contribution in [2.75, 3.05) is 56.2 Å². The largest absolute Gasteiger partial charge is 0.353 e. The van der Waals surface area contributed by atoms with Gasteiger partial charge in [-0.25, -0.2) is 9.37 Å². The highest BCUT2D eigenvalue weighted by molar-refractivity contribution is 7.99. The SMILES string of the molecule is CN1CCN(CCC(=O)Nc2cc(Nc3cc(-c4cc(Cl)ccc4F)nnc3SCC[Si](C)(C)C)ccn2)CC1. The monoisotopic (exact) mass is 601 g/mol. The van der Waals surface area contributed by atoms with Crippen LogP contribution in [0, 0.1) is 5.82 Å². The number of hydrogen-bond donors (Lipinski definition) is 2. The molecule has 214 valence electrons. The van der Waals surface area contributed by atoms with Crippen LogP contribution < -0.4 is 10.6 Å². The molecule has 2 N–H and O–H groups in total. The summed E-state index contributed by atoms with van der Waals surface area (Å²) >= 11 is 7.76. The molecule has 40 heavy (non-hydrogen) atoms. The minimum absolute atomic E-state index is 0.0736. The molecule has 0 saturated carbocycles. The minimum Gasteiger partial charge on any atom is -0.353 e. The number of piperazine rings is 1. The lowest BCUT2D eigenvalue weighted by Gasteiger charge is -2.32. The third-order valence-electron chi connectivity index (χ3n) is 6.61. The summed E-state index contributed by atoms with van der Waals surface area (Å²) in [5.41, 5.74) is 2.08. The molecule has 3 aromatic rings. The number of hydrogen-bond acceptors (Lipinski definition) is 8. The number of carbonyl (C=O) groups excluding carboxylic acids is 1. The first-order chi connectivity index (χ1) is 19.1. The number of likely N-dealkylation sites (N-methyl/N-ethyl adjacent to an activating group) is 1. The van der Waals surface area contributed by atoms with Crippen LogP contribution in [0.2, 0.25) is 30.7 Å². The maximum Gasteiger partial charge on any atom is 0.226 e. The molecule has 1 aromatic carbocycles. The topological polar surface area (TPSA) is 86.3 Å². The van der Waals surface area contributed by atoms with Gasteiger partial charge in [0.25, 0.3) is 0 Å². The first-order valence-corrected chi connectivity index (χ1v) is 18.5. The van der Waals surface area contributed by atoms with E-state index in [0.717, 1.165) is 55.2 Å². The Morgan fingerprint density at radius 3 is 2.62 bits per heavy atom. The molecule has 4 rings (SSSR count). The number of nitrogens with zero attached hydrogens (tertiary/aromatic N) is 5. The molecule has 2 aromatic heterocycles. The zero-order valence-electron chi connectivity index (χ0n) is 23.5. The summed E-state index contributed by atoms with van der Waals surface area (Å²) in [5.74, 6) is 0.878. The summed E-state index contributed by atoms with van der Waals surface area (Å²) in [7, 11) is 0.884. The molecule has 1 amide bonds. The van der Waals surface area contributed by atoms with Gasteiger partial charge in [0.2, 0.25) is 5.91 Å². The van der Waals surface area contributed by atoms with E-state index < -0.39 is 13.9 Å². The molecular formula is C28H37ClFN7OSSi. The van der Waals surface area contributed by atoms with Crippen LogP contribution in [0.3, 0.4) is 0 Å². The molecular weight excluding hydrogens is 565 g/mol. The van der Waals surface area contributed by atoms with Gasteiger partial charge in [0, 0.05) is 75.8 Å². The zero-order valence-corrected chi connectivity index (χ0v) is 26.1. The van der Waals surface area contributed by atoms with Crippen molar-refractivity contribution in [2.24, 2.45) is 0 Å². The summed E-state index contributed by atoms with van der Waals surface area (Å²) in [5, 5.41) is 16.2. The molecule has 3 heterocycles. The molecule has 1 aliphatic heterocycles. The lowest BCUT2D eigenvalue weighted by atomic mass is 10.1. The van der Waals surface area contributed by atoms with E-state index in [-0.39, 0.29) is 11.5 Å². The first kappa shape index (κ1) is 30.4. The fourth-order valence-corrected chi connectivity index (χ4v) is 7.71. The number of thioether (sulfide) groups is 1. The van der Waals surface area contributed by atoms with Gasteiger partial charge in [0.15, 0.2) is 0 Å². The van der Waals surface area contributed by atoms with Gasteiger partial charge in [-0.1, -0.05) is 31.2 Å². The number of nitrogens with one attached hydrogen (secondary N) is 2. The number of amides is 1. The Morgan fingerprint density at radius 1 is 1.10 bits per heavy atom. The molecule has 1 saturated heterocycles. The van der Waals surface area contributed by atoms with Gasteiger partial charge in [0.05, 0.1) is 11.4 Å². The van der Waals surface area contributed by atoms with Crippen molar-refractivity contribution in [3.8, 4) is 11.3 Å². The number of anilines is 3. The number of rotatable bonds is 11. The van der Waals surface area contributed by atoms with Crippen LogP contribution in [0.1, 0.15) is 6.42 Å². The summed E-state index contributed by atoms with van der Waals surface area (Å²) < 4.78 is 14.6. The lowest BCUT2D eigenvalue weighted by Crippen LogP contribution is -2.45. The van der Waals surface area contributed by atoms with Crippen molar-refractivity contribution in [2.45, 2.75) is 37.1 Å². The molecule has 0 unspecified atom stereocenters. The number of aromatic nitrogens is 3. The van der Waals surface area contributed by atoms with E-state index in [9.17, 15) is 9.18 Å². The minimum atomic E-state index is -1.23. The van der Waals surface area contributed by atoms with Crippen LogP contribution in [0.5, 0.6) is 0 Å². The van der Waals surface area contributed by atoms with E-state index >= 15 is 0 Å². The molecule has 8 nitrogen and oxygen atoms in total. The number of benzene rings is 1. The van der Waals surface area contributed by atoms with E-state index in [4.69, 9.17) is 11.6 Å². The summed E-state index contributed by atoms with van der Waals surface area (Å²) in [6, 6.07) is 10.9. The zero-order chi connectivity index (χ0) is 28.7. The number of carbonyl (C=O) groups is 1. The fraction of sp³-hybridized carbons (Fsp3) is 0.429. The second-order valence-electron chi connectivity index (χ2n) is 11.2. The van der Waals surface area contributed by atoms with Crippen LogP contribution in [0.15, 0.2) is 47.6 Å². The second kappa shape index (κ2) is 13.9. The molecule has 12 heteroatoms. The molecule has 1 fully saturated rings. The van der Waals surface area contributed by atoms with Crippen LogP contribution in [-0.4, -0.2) is 84.5 Å². The maximum absolute atomic E-state index is 14.6. The molecule has 1 aliphatic rings. The second-order valence-corrected chi connectivity index (χ2v) is 18.4. The number of pyridine rings is 1. The summed E-state index contributed by atoms with van der Waals surface area (Å²) in [6.45, 7) is 11.7. The molecule has 0 spiro atoms. The first-order valence-electron chi connectivity index (χ1n) is 13.5. The van der Waals surface area contributed by atoms with Gasteiger partial charge in [-0.3, -0.25) is 4.79 Å². The molecule has 0 atom stereocenters. The van der Waals surface area contributed by atoms with Gasteiger partial charge in [0.1, 0.15) is 16.7 Å². The highest BCUT2D eigenvalue weighted by atomic mass is 35.5. The van der Waals surface area contributed by atoms with Crippen LogP contribution >= 0.6 is 23.4 Å². The Hall–Kier alpha value is -2.57. The third-order valence-corrected chi connectivity index (χ3v) is 9.94. The fourth-order valence-electron chi connectivity index (χ4n) is 4.12. The van der Waals surface area contributed by atoms with Crippen molar-refractivity contribution in [3.63, 3.8) is 0 Å². The maximum atomic E-state index is 14.6. The Morgan fingerprint density at radius 2 is 1.88 bits per heavy atom. The third kappa shape index (κ3) is 9.24. The lowest BCUT2D eigenvalue weighted by molar-refractivity contribution is -0.116. The average molecular weight is 602 g/mol. The highest BCUT2D eigenvalue weighted by Crippen LogP contribution is 2.33. The Balaban J connectivity index is 1.48. The van der Waals surface area contributed by atoms with Gasteiger partial charge >= 0.3 is 0 Å². The van der Waals surface area contributed by atoms with Crippen molar-refractivity contribution in [1.29, 1.82) is 0 Å². The molecule has 0 aliphatic carbocycles. The normalized spacial score (nSPS) is 14.8. The van der Waals surface area contributed by atoms with E-state index in [1.54, 1.807) is 36.2 Å². The summed E-state index contributed by atoms with van der Waals surface area (Å²) in [6.07, 6.45) is 2.05. The van der Waals surface area contributed by atoms with Gasteiger partial charge in [-0.15, -0.1) is 22.0 Å². The average Bonchev–Trinajstić information content (AvgIpc) is 2.90. The van der Waals surface area contributed by atoms with Gasteiger partial charge in [-0.05, 0) is 49.2 Å². The Kier molecular flexibility index (Phi) is 10.5. The van der Waals surface area contributed by atoms with Crippen LogP contribution in [0.4, 0.5) is 21.6 Å². The predicted molar refractivity (Wildman–Crippen MR) is 166 cm³/mol. The van der Waals surface area contributed by atoms with Gasteiger partial charge < -0.3 is 20.4 Å². The van der Waals surface area contributed by atoms with Crippen molar-refractivity contribution in [3.05, 3.63) is 53.4 Å². The van der Waals surface area contributed by atoms with Crippen molar-refractivity contribution >= 4 is 54.5 Å². The summed E-state index contributed by atoms with van der Waals surface area (Å²) in [4.78, 5) is 21.6. The quantitative estimate of drug-likeness (QED) is 0.202. The van der Waals surface area contributed by atoms with E-state index in [1.165, 1.54) is 12.1 Å². The molecule has 0 bridgehead atoms.